The maximum atomic E-state index is 12.3. The summed E-state index contributed by atoms with van der Waals surface area (Å²) in [6.07, 6.45) is 0.989. The highest BCUT2D eigenvalue weighted by atomic mass is 79.9. The molecule has 0 unspecified atom stereocenters. The van der Waals surface area contributed by atoms with Crippen molar-refractivity contribution in [3.05, 3.63) is 21.9 Å². The fourth-order valence-electron chi connectivity index (χ4n) is 1.42. The third-order valence-electron chi connectivity index (χ3n) is 2.40. The standard InChI is InChI=1S/C12H14BrClN2O6S/c1-3-21-11(17)9(12(18)22-4-2)16-23(19,20)7-5-8(13)10(14)15-6-7/h5-6,9,16H,3-4H2,1-2H3. The zero-order chi connectivity index (χ0) is 17.6. The summed E-state index contributed by atoms with van der Waals surface area (Å²) in [6, 6.07) is -0.625. The van der Waals surface area contributed by atoms with E-state index in [-0.39, 0.29) is 27.7 Å². The molecule has 11 heteroatoms. The summed E-state index contributed by atoms with van der Waals surface area (Å²) in [5, 5.41) is 0.0660. The third kappa shape index (κ3) is 5.41. The molecule has 0 spiro atoms. The molecule has 0 amide bonds. The molecule has 23 heavy (non-hydrogen) atoms. The Balaban J connectivity index is 3.11. The van der Waals surface area contributed by atoms with Gasteiger partial charge in [-0.15, -0.1) is 0 Å². The van der Waals surface area contributed by atoms with Gasteiger partial charge in [0.05, 0.1) is 17.7 Å². The van der Waals surface area contributed by atoms with Crippen molar-refractivity contribution in [2.24, 2.45) is 0 Å². The minimum Gasteiger partial charge on any atom is -0.464 e. The van der Waals surface area contributed by atoms with Gasteiger partial charge in [0.1, 0.15) is 10.0 Å². The topological polar surface area (TPSA) is 112 Å². The van der Waals surface area contributed by atoms with Crippen LogP contribution in [0.2, 0.25) is 5.15 Å². The monoisotopic (exact) mass is 428 g/mol. The molecule has 8 nitrogen and oxygen atoms in total. The zero-order valence-electron chi connectivity index (χ0n) is 12.2. The van der Waals surface area contributed by atoms with E-state index in [1.54, 1.807) is 0 Å². The highest BCUT2D eigenvalue weighted by molar-refractivity contribution is 9.10. The average molecular weight is 430 g/mol. The Bertz CT molecular complexity index is 679. The van der Waals surface area contributed by atoms with Crippen molar-refractivity contribution in [2.75, 3.05) is 13.2 Å². The molecule has 1 aromatic rings. The van der Waals surface area contributed by atoms with Gasteiger partial charge in [0.25, 0.3) is 0 Å². The van der Waals surface area contributed by atoms with Crippen LogP contribution in [0.4, 0.5) is 0 Å². The number of sulfonamides is 1. The molecule has 0 aliphatic heterocycles. The molecule has 0 aliphatic rings. The SMILES string of the molecule is CCOC(=O)C(NS(=O)(=O)c1cnc(Cl)c(Br)c1)C(=O)OCC. The molecule has 0 fully saturated rings. The first-order valence-corrected chi connectivity index (χ1v) is 9.05. The molecule has 128 valence electrons. The highest BCUT2D eigenvalue weighted by Gasteiger charge is 2.34. The number of nitrogens with one attached hydrogen (secondary N) is 1. The summed E-state index contributed by atoms with van der Waals surface area (Å²) in [6.45, 7) is 3.00. The number of esters is 2. The van der Waals surface area contributed by atoms with E-state index < -0.39 is 28.0 Å². The Kier molecular flexibility index (Phi) is 7.39. The second kappa shape index (κ2) is 8.57. The second-order valence-corrected chi connectivity index (χ2v) is 6.93. The molecule has 0 aliphatic carbocycles. The first-order valence-electron chi connectivity index (χ1n) is 6.39. The summed E-state index contributed by atoms with van der Waals surface area (Å²) in [5.74, 6) is -2.12. The minimum absolute atomic E-state index is 0.0233. The van der Waals surface area contributed by atoms with Gasteiger partial charge in [0.2, 0.25) is 16.1 Å². The molecular weight excluding hydrogens is 416 g/mol. The van der Waals surface area contributed by atoms with Crippen LogP contribution >= 0.6 is 27.5 Å². The first-order chi connectivity index (χ1) is 10.7. The van der Waals surface area contributed by atoms with Gasteiger partial charge in [-0.05, 0) is 35.8 Å². The van der Waals surface area contributed by atoms with Gasteiger partial charge in [0.15, 0.2) is 0 Å². The normalized spacial score (nSPS) is 11.3. The van der Waals surface area contributed by atoms with E-state index >= 15 is 0 Å². The van der Waals surface area contributed by atoms with Crippen LogP contribution in [0.15, 0.2) is 21.6 Å². The number of ether oxygens (including phenoxy) is 2. The molecular formula is C12H14BrClN2O6S. The maximum Gasteiger partial charge on any atom is 0.335 e. The minimum atomic E-state index is -4.23. The number of rotatable bonds is 7. The van der Waals surface area contributed by atoms with Crippen molar-refractivity contribution in [1.29, 1.82) is 0 Å². The number of halogens is 2. The second-order valence-electron chi connectivity index (χ2n) is 4.00. The molecule has 0 saturated carbocycles. The quantitative estimate of drug-likeness (QED) is 0.394. The van der Waals surface area contributed by atoms with E-state index in [1.165, 1.54) is 19.9 Å². The number of carbonyl (C=O) groups is 2. The highest BCUT2D eigenvalue weighted by Crippen LogP contribution is 2.22. The van der Waals surface area contributed by atoms with E-state index in [1.807, 2.05) is 4.72 Å². The Morgan fingerprint density at radius 1 is 1.30 bits per heavy atom. The zero-order valence-corrected chi connectivity index (χ0v) is 15.4. The van der Waals surface area contributed by atoms with Crippen LogP contribution in [0, 0.1) is 0 Å². The van der Waals surface area contributed by atoms with Crippen molar-refractivity contribution in [2.45, 2.75) is 24.8 Å². The number of pyridine rings is 1. The van der Waals surface area contributed by atoms with Gasteiger partial charge in [-0.25, -0.2) is 23.0 Å². The van der Waals surface area contributed by atoms with Crippen molar-refractivity contribution in [3.8, 4) is 0 Å². The lowest BCUT2D eigenvalue weighted by atomic mass is 10.3. The Morgan fingerprint density at radius 2 is 1.83 bits per heavy atom. The van der Waals surface area contributed by atoms with Crippen molar-refractivity contribution < 1.29 is 27.5 Å². The average Bonchev–Trinajstić information content (AvgIpc) is 2.48. The smallest absolute Gasteiger partial charge is 0.335 e. The van der Waals surface area contributed by atoms with Crippen LogP contribution in [0.25, 0.3) is 0 Å². The summed E-state index contributed by atoms with van der Waals surface area (Å²) in [7, 11) is -4.23. The van der Waals surface area contributed by atoms with Crippen LogP contribution < -0.4 is 4.72 Å². The molecule has 0 radical (unpaired) electrons. The number of carbonyl (C=O) groups excluding carboxylic acids is 2. The number of nitrogens with zero attached hydrogens (tertiary/aromatic N) is 1. The first kappa shape index (κ1) is 19.8. The van der Waals surface area contributed by atoms with E-state index in [0.29, 0.717) is 0 Å². The predicted molar refractivity (Wildman–Crippen MR) is 84.3 cm³/mol. The van der Waals surface area contributed by atoms with E-state index in [2.05, 4.69) is 30.4 Å². The van der Waals surface area contributed by atoms with Crippen LogP contribution in [0.3, 0.4) is 0 Å². The van der Waals surface area contributed by atoms with E-state index in [0.717, 1.165) is 6.20 Å². The summed E-state index contributed by atoms with van der Waals surface area (Å²) in [4.78, 5) is 27.0. The van der Waals surface area contributed by atoms with E-state index in [4.69, 9.17) is 11.6 Å². The molecule has 0 aromatic carbocycles. The van der Waals surface area contributed by atoms with Crippen LogP contribution in [0.5, 0.6) is 0 Å². The molecule has 1 heterocycles. The summed E-state index contributed by atoms with van der Waals surface area (Å²) in [5.41, 5.74) is 0. The molecule has 0 bridgehead atoms. The molecule has 0 atom stereocenters. The van der Waals surface area contributed by atoms with Crippen molar-refractivity contribution >= 4 is 49.5 Å². The fourth-order valence-corrected chi connectivity index (χ4v) is 3.12. The van der Waals surface area contributed by atoms with Gasteiger partial charge in [-0.2, -0.15) is 4.72 Å². The lowest BCUT2D eigenvalue weighted by Crippen LogP contribution is -2.48. The number of hydrogen-bond acceptors (Lipinski definition) is 7. The Labute approximate surface area is 146 Å². The summed E-state index contributed by atoms with van der Waals surface area (Å²) < 4.78 is 36.1. The van der Waals surface area contributed by atoms with Gasteiger partial charge < -0.3 is 9.47 Å². The van der Waals surface area contributed by atoms with Crippen LogP contribution in [0.1, 0.15) is 13.8 Å². The Hall–Kier alpha value is -1.23. The van der Waals surface area contributed by atoms with Gasteiger partial charge in [0, 0.05) is 6.20 Å². The van der Waals surface area contributed by atoms with Gasteiger partial charge >= 0.3 is 11.9 Å². The largest absolute Gasteiger partial charge is 0.464 e. The fraction of sp³-hybridized carbons (Fsp3) is 0.417. The maximum absolute atomic E-state index is 12.3. The third-order valence-corrected chi connectivity index (χ3v) is 4.92. The summed E-state index contributed by atoms with van der Waals surface area (Å²) >= 11 is 8.74. The van der Waals surface area contributed by atoms with Crippen molar-refractivity contribution in [1.82, 2.24) is 9.71 Å². The van der Waals surface area contributed by atoms with Gasteiger partial charge in [-0.1, -0.05) is 11.6 Å². The molecule has 1 aromatic heterocycles. The van der Waals surface area contributed by atoms with Crippen molar-refractivity contribution in [3.63, 3.8) is 0 Å². The lowest BCUT2D eigenvalue weighted by molar-refractivity contribution is -0.157. The Morgan fingerprint density at radius 3 is 2.26 bits per heavy atom. The lowest BCUT2D eigenvalue weighted by Gasteiger charge is -2.16. The van der Waals surface area contributed by atoms with E-state index in [9.17, 15) is 18.0 Å². The molecule has 0 saturated heterocycles. The molecule has 1 N–H and O–H groups in total. The number of hydrogen-bond donors (Lipinski definition) is 1. The van der Waals surface area contributed by atoms with Gasteiger partial charge in [-0.3, -0.25) is 0 Å². The predicted octanol–water partition coefficient (Wildman–Crippen LogP) is 1.27. The number of aromatic nitrogens is 1. The molecule has 1 rings (SSSR count). The van der Waals surface area contributed by atoms with Crippen LogP contribution in [-0.4, -0.2) is 44.6 Å². The van der Waals surface area contributed by atoms with Crippen LogP contribution in [-0.2, 0) is 29.1 Å².